The van der Waals surface area contributed by atoms with Gasteiger partial charge >= 0.3 is 0 Å². The largest absolute Gasteiger partial charge is 0.330 e. The first kappa shape index (κ1) is 13.3. The summed E-state index contributed by atoms with van der Waals surface area (Å²) < 4.78 is 2.99. The minimum absolute atomic E-state index is 0.0666. The summed E-state index contributed by atoms with van der Waals surface area (Å²) in [4.78, 5) is 5.54. The van der Waals surface area contributed by atoms with Crippen molar-refractivity contribution in [3.05, 3.63) is 28.5 Å². The molecule has 2 rings (SSSR count). The molecule has 3 nitrogen and oxygen atoms in total. The Labute approximate surface area is 113 Å². The standard InChI is InChI=1S/C14H21N3S/c1-10-7-6-8-11-12(10)15-13(18)17(11)9-14(2,3)16(4)5/h6-8H,9H2,1-5H3,(H,15,18). The topological polar surface area (TPSA) is 24.0 Å². The molecule has 0 spiro atoms. The molecule has 0 saturated carbocycles. The SMILES string of the molecule is Cc1cccc2c1[nH]c(=S)n2CC(C)(C)N(C)C. The number of hydrogen-bond donors (Lipinski definition) is 1. The maximum Gasteiger partial charge on any atom is 0.178 e. The Morgan fingerprint density at radius 1 is 1.33 bits per heavy atom. The summed E-state index contributed by atoms with van der Waals surface area (Å²) in [5, 5.41) is 0. The Morgan fingerprint density at radius 3 is 2.61 bits per heavy atom. The van der Waals surface area contributed by atoms with Gasteiger partial charge in [-0.05, 0) is 58.7 Å². The number of rotatable bonds is 3. The predicted molar refractivity (Wildman–Crippen MR) is 79.6 cm³/mol. The van der Waals surface area contributed by atoms with Gasteiger partial charge in [-0.25, -0.2) is 0 Å². The number of aromatic amines is 1. The molecular weight excluding hydrogens is 242 g/mol. The summed E-state index contributed by atoms with van der Waals surface area (Å²) in [6.07, 6.45) is 0. The molecule has 1 heterocycles. The molecule has 0 fully saturated rings. The average Bonchev–Trinajstić information content (AvgIpc) is 2.57. The summed E-state index contributed by atoms with van der Waals surface area (Å²) in [5.74, 6) is 0. The first-order valence-corrected chi connectivity index (χ1v) is 6.59. The third-order valence-corrected chi connectivity index (χ3v) is 4.10. The van der Waals surface area contributed by atoms with E-state index in [9.17, 15) is 0 Å². The molecule has 4 heteroatoms. The minimum atomic E-state index is 0.0666. The Morgan fingerprint density at radius 2 is 2.00 bits per heavy atom. The van der Waals surface area contributed by atoms with E-state index in [1.807, 2.05) is 0 Å². The number of aryl methyl sites for hydroxylation is 1. The zero-order valence-corrected chi connectivity index (χ0v) is 12.6. The Bertz CT molecular complexity index is 619. The summed E-state index contributed by atoms with van der Waals surface area (Å²) in [7, 11) is 4.20. The lowest BCUT2D eigenvalue weighted by molar-refractivity contribution is 0.170. The van der Waals surface area contributed by atoms with Gasteiger partial charge in [-0.2, -0.15) is 0 Å². The van der Waals surface area contributed by atoms with E-state index in [1.165, 1.54) is 11.1 Å². The number of imidazole rings is 1. The van der Waals surface area contributed by atoms with Crippen molar-refractivity contribution in [3.8, 4) is 0 Å². The molecule has 0 radical (unpaired) electrons. The van der Waals surface area contributed by atoms with Crippen molar-refractivity contribution in [3.63, 3.8) is 0 Å². The van der Waals surface area contributed by atoms with Crippen LogP contribution in [0.2, 0.25) is 0 Å². The molecule has 0 unspecified atom stereocenters. The number of likely N-dealkylation sites (N-methyl/N-ethyl adjacent to an activating group) is 1. The number of nitrogens with one attached hydrogen (secondary N) is 1. The molecule has 0 amide bonds. The highest BCUT2D eigenvalue weighted by molar-refractivity contribution is 7.71. The smallest absolute Gasteiger partial charge is 0.178 e. The van der Waals surface area contributed by atoms with Crippen molar-refractivity contribution < 1.29 is 0 Å². The fourth-order valence-corrected chi connectivity index (χ4v) is 2.27. The summed E-state index contributed by atoms with van der Waals surface area (Å²) in [6.45, 7) is 7.43. The van der Waals surface area contributed by atoms with E-state index < -0.39 is 0 Å². The zero-order chi connectivity index (χ0) is 13.5. The molecule has 1 aromatic heterocycles. The van der Waals surface area contributed by atoms with Crippen molar-refractivity contribution in [1.82, 2.24) is 14.5 Å². The highest BCUT2D eigenvalue weighted by atomic mass is 32.1. The van der Waals surface area contributed by atoms with Crippen molar-refractivity contribution in [2.24, 2.45) is 0 Å². The first-order valence-electron chi connectivity index (χ1n) is 6.18. The number of H-pyrrole nitrogens is 1. The zero-order valence-electron chi connectivity index (χ0n) is 11.7. The van der Waals surface area contributed by atoms with Crippen molar-refractivity contribution in [2.75, 3.05) is 14.1 Å². The highest BCUT2D eigenvalue weighted by Gasteiger charge is 2.22. The van der Waals surface area contributed by atoms with Gasteiger partial charge in [-0.15, -0.1) is 0 Å². The number of aromatic nitrogens is 2. The van der Waals surface area contributed by atoms with Crippen molar-refractivity contribution in [1.29, 1.82) is 0 Å². The van der Waals surface area contributed by atoms with E-state index in [-0.39, 0.29) is 5.54 Å². The lowest BCUT2D eigenvalue weighted by Crippen LogP contribution is -2.42. The quantitative estimate of drug-likeness (QED) is 0.859. The molecule has 0 aliphatic heterocycles. The second kappa shape index (κ2) is 4.52. The van der Waals surface area contributed by atoms with Crippen LogP contribution in [0.3, 0.4) is 0 Å². The molecule has 0 saturated heterocycles. The van der Waals surface area contributed by atoms with E-state index in [4.69, 9.17) is 12.2 Å². The van der Waals surface area contributed by atoms with Crippen LogP contribution in [0.1, 0.15) is 19.4 Å². The molecule has 0 atom stereocenters. The van der Waals surface area contributed by atoms with E-state index in [2.05, 4.69) is 67.5 Å². The average molecular weight is 263 g/mol. The fraction of sp³-hybridized carbons (Fsp3) is 0.500. The van der Waals surface area contributed by atoms with Crippen molar-refractivity contribution >= 4 is 23.3 Å². The van der Waals surface area contributed by atoms with Crippen molar-refractivity contribution in [2.45, 2.75) is 32.9 Å². The van der Waals surface area contributed by atoms with Crippen LogP contribution < -0.4 is 0 Å². The van der Waals surface area contributed by atoms with Crippen LogP contribution in [0.25, 0.3) is 11.0 Å². The van der Waals surface area contributed by atoms with Gasteiger partial charge in [0.25, 0.3) is 0 Å². The first-order chi connectivity index (χ1) is 8.33. The number of fused-ring (bicyclic) bond motifs is 1. The second-order valence-electron chi connectivity index (χ2n) is 5.69. The van der Waals surface area contributed by atoms with Gasteiger partial charge in [0.15, 0.2) is 4.77 Å². The molecular formula is C14H21N3S. The van der Waals surface area contributed by atoms with Crippen LogP contribution in [0.15, 0.2) is 18.2 Å². The van der Waals surface area contributed by atoms with E-state index in [0.29, 0.717) is 0 Å². The van der Waals surface area contributed by atoms with Gasteiger partial charge in [0.2, 0.25) is 0 Å². The Hall–Kier alpha value is -1.13. The number of benzene rings is 1. The van der Waals surface area contributed by atoms with Crippen LogP contribution in [0.4, 0.5) is 0 Å². The monoisotopic (exact) mass is 263 g/mol. The molecule has 18 heavy (non-hydrogen) atoms. The highest BCUT2D eigenvalue weighted by Crippen LogP contribution is 2.21. The number of nitrogens with zero attached hydrogens (tertiary/aromatic N) is 2. The normalized spacial score (nSPS) is 12.6. The predicted octanol–water partition coefficient (Wildman–Crippen LogP) is 3.35. The summed E-state index contributed by atoms with van der Waals surface area (Å²) in [5.41, 5.74) is 3.64. The molecule has 0 aliphatic rings. The van der Waals surface area contributed by atoms with Crippen LogP contribution in [0, 0.1) is 11.7 Å². The van der Waals surface area contributed by atoms with Crippen LogP contribution >= 0.6 is 12.2 Å². The maximum atomic E-state index is 5.46. The second-order valence-corrected chi connectivity index (χ2v) is 6.08. The van der Waals surface area contributed by atoms with Crippen LogP contribution in [-0.2, 0) is 6.54 Å². The third kappa shape index (κ3) is 2.22. The minimum Gasteiger partial charge on any atom is -0.330 e. The van der Waals surface area contributed by atoms with Crippen LogP contribution in [-0.4, -0.2) is 34.1 Å². The molecule has 1 N–H and O–H groups in total. The van der Waals surface area contributed by atoms with Gasteiger partial charge in [-0.3, -0.25) is 0 Å². The van der Waals surface area contributed by atoms with E-state index in [0.717, 1.165) is 16.8 Å². The lowest BCUT2D eigenvalue weighted by Gasteiger charge is -2.33. The summed E-state index contributed by atoms with van der Waals surface area (Å²) in [6, 6.07) is 6.31. The Balaban J connectivity index is 2.56. The maximum absolute atomic E-state index is 5.46. The fourth-order valence-electron chi connectivity index (χ4n) is 2.01. The van der Waals surface area contributed by atoms with Gasteiger partial charge in [0.1, 0.15) is 0 Å². The van der Waals surface area contributed by atoms with Gasteiger partial charge in [0, 0.05) is 12.1 Å². The number of hydrogen-bond acceptors (Lipinski definition) is 2. The van der Waals surface area contributed by atoms with Gasteiger partial charge in [-0.1, -0.05) is 12.1 Å². The van der Waals surface area contributed by atoms with E-state index >= 15 is 0 Å². The molecule has 0 aliphatic carbocycles. The third-order valence-electron chi connectivity index (χ3n) is 3.77. The van der Waals surface area contributed by atoms with Crippen LogP contribution in [0.5, 0.6) is 0 Å². The number of para-hydroxylation sites is 1. The lowest BCUT2D eigenvalue weighted by atomic mass is 10.0. The summed E-state index contributed by atoms with van der Waals surface area (Å²) >= 11 is 5.46. The van der Waals surface area contributed by atoms with E-state index in [1.54, 1.807) is 0 Å². The van der Waals surface area contributed by atoms with Gasteiger partial charge < -0.3 is 14.5 Å². The molecule has 1 aromatic carbocycles. The molecule has 98 valence electrons. The molecule has 0 bridgehead atoms. The molecule has 2 aromatic rings. The Kier molecular flexibility index (Phi) is 3.34. The van der Waals surface area contributed by atoms with Gasteiger partial charge in [0.05, 0.1) is 11.0 Å².